The van der Waals surface area contributed by atoms with Crippen LogP contribution in [0.2, 0.25) is 0 Å². The molecule has 1 aromatic carbocycles. The second-order valence-corrected chi connectivity index (χ2v) is 7.39. The molecule has 0 saturated heterocycles. The third-order valence-corrected chi connectivity index (χ3v) is 6.09. The van der Waals surface area contributed by atoms with Crippen LogP contribution in [0, 0.1) is 10.1 Å². The van der Waals surface area contributed by atoms with Gasteiger partial charge >= 0.3 is 8.80 Å². The van der Waals surface area contributed by atoms with E-state index in [1.165, 1.54) is 33.5 Å². The van der Waals surface area contributed by atoms with Crippen molar-refractivity contribution >= 4 is 20.2 Å². The maximum atomic E-state index is 10.6. The Kier molecular flexibility index (Phi) is 4.62. The summed E-state index contributed by atoms with van der Waals surface area (Å²) >= 11 is 0. The van der Waals surface area contributed by atoms with Crippen LogP contribution >= 0.6 is 0 Å². The molecule has 9 nitrogen and oxygen atoms in total. The highest BCUT2D eigenvalue weighted by molar-refractivity contribution is 6.62. The fraction of sp³-hybridized carbons (Fsp3) is 0.455. The van der Waals surface area contributed by atoms with E-state index in [1.807, 2.05) is 0 Å². The van der Waals surface area contributed by atoms with Gasteiger partial charge in [0.25, 0.3) is 5.69 Å². The summed E-state index contributed by atoms with van der Waals surface area (Å²) in [7, 11) is 1.65. The zero-order valence-electron chi connectivity index (χ0n) is 11.9. The molecule has 2 rings (SSSR count). The molecule has 1 aliphatic heterocycles. The zero-order valence-corrected chi connectivity index (χ0v) is 12.9. The molecule has 0 radical (unpaired) electrons. The van der Waals surface area contributed by atoms with Gasteiger partial charge in [-0.25, -0.2) is 5.01 Å². The maximum absolute atomic E-state index is 10.6. The lowest BCUT2D eigenvalue weighted by atomic mass is 10.3. The van der Waals surface area contributed by atoms with Crippen LogP contribution in [0.3, 0.4) is 0 Å². The Morgan fingerprint density at radius 3 is 2.29 bits per heavy atom. The molecule has 0 aromatic heterocycles. The smallest absolute Gasteiger partial charge is 0.376 e. The van der Waals surface area contributed by atoms with Crippen LogP contribution in [0.25, 0.3) is 0 Å². The highest BCUT2D eigenvalue weighted by atomic mass is 28.4. The molecular weight excluding hydrogens is 296 g/mol. The molecule has 0 spiro atoms. The number of hydrogen-bond acceptors (Lipinski definition) is 8. The van der Waals surface area contributed by atoms with Crippen molar-refractivity contribution in [3.05, 3.63) is 34.4 Å². The molecule has 10 heteroatoms. The molecule has 1 heterocycles. The van der Waals surface area contributed by atoms with Crippen LogP contribution in [0.15, 0.2) is 34.6 Å². The molecule has 114 valence electrons. The number of nitrogens with zero attached hydrogens (tertiary/aromatic N) is 4. The van der Waals surface area contributed by atoms with Crippen LogP contribution in [-0.4, -0.2) is 47.3 Å². The average molecular weight is 312 g/mol. The van der Waals surface area contributed by atoms with Crippen LogP contribution in [0.4, 0.5) is 11.4 Å². The van der Waals surface area contributed by atoms with Gasteiger partial charge in [-0.05, 0) is 12.1 Å². The minimum Gasteiger partial charge on any atom is -0.376 e. The van der Waals surface area contributed by atoms with Crippen LogP contribution in [0.5, 0.6) is 0 Å². The lowest BCUT2D eigenvalue weighted by molar-refractivity contribution is -0.384. The fourth-order valence-corrected chi connectivity index (χ4v) is 4.01. The molecule has 0 fully saturated rings. The average Bonchev–Trinajstić information content (AvgIpc) is 3.00. The molecule has 1 atom stereocenters. The van der Waals surface area contributed by atoms with Crippen LogP contribution in [0.1, 0.15) is 0 Å². The Morgan fingerprint density at radius 2 is 1.81 bits per heavy atom. The van der Waals surface area contributed by atoms with Crippen molar-refractivity contribution < 1.29 is 18.2 Å². The number of nitro groups is 1. The Morgan fingerprint density at radius 1 is 1.24 bits per heavy atom. The van der Waals surface area contributed by atoms with E-state index >= 15 is 0 Å². The predicted octanol–water partition coefficient (Wildman–Crippen LogP) is 1.57. The third-order valence-electron chi connectivity index (χ3n) is 3.27. The van der Waals surface area contributed by atoms with E-state index in [0.717, 1.165) is 0 Å². The summed E-state index contributed by atoms with van der Waals surface area (Å²) < 4.78 is 16.1. The lowest BCUT2D eigenvalue weighted by Crippen LogP contribution is -2.55. The standard InChI is InChI=1S/C11H16N4O5Si/c1-18-21(19-2,20-3)11-8-14(13-12-11)9-4-6-10(7-5-9)15(16)17/h4-7,11H,8H2,1-3H3. The molecule has 1 unspecified atom stereocenters. The third kappa shape index (κ3) is 2.92. The first-order valence-corrected chi connectivity index (χ1v) is 7.94. The van der Waals surface area contributed by atoms with E-state index in [1.54, 1.807) is 17.1 Å². The second kappa shape index (κ2) is 6.26. The molecule has 21 heavy (non-hydrogen) atoms. The minimum absolute atomic E-state index is 0.0285. The molecule has 0 amide bonds. The van der Waals surface area contributed by atoms with Gasteiger partial charge in [-0.15, -0.1) is 0 Å². The van der Waals surface area contributed by atoms with E-state index in [-0.39, 0.29) is 11.4 Å². The molecule has 1 aromatic rings. The topological polar surface area (TPSA) is 98.8 Å². The summed E-state index contributed by atoms with van der Waals surface area (Å²) in [6, 6.07) is 6.09. The number of non-ortho nitro benzene ring substituents is 1. The summed E-state index contributed by atoms with van der Waals surface area (Å²) in [6.07, 6.45) is 0. The summed E-state index contributed by atoms with van der Waals surface area (Å²) in [5, 5.41) is 20.5. The first-order valence-electron chi connectivity index (χ1n) is 6.14. The van der Waals surface area contributed by atoms with Gasteiger partial charge in [-0.1, -0.05) is 5.22 Å². The number of anilines is 1. The van der Waals surface area contributed by atoms with E-state index in [4.69, 9.17) is 13.3 Å². The van der Waals surface area contributed by atoms with E-state index in [0.29, 0.717) is 12.2 Å². The summed E-state index contributed by atoms with van der Waals surface area (Å²) in [5.41, 5.74) is 0.395. The zero-order chi connectivity index (χ0) is 15.5. The Balaban J connectivity index is 2.12. The van der Waals surface area contributed by atoms with Crippen molar-refractivity contribution in [1.29, 1.82) is 0 Å². The maximum Gasteiger partial charge on any atom is 0.530 e. The quantitative estimate of drug-likeness (QED) is 0.449. The van der Waals surface area contributed by atoms with Crippen LogP contribution in [-0.2, 0) is 13.3 Å². The second-order valence-electron chi connectivity index (χ2n) is 4.29. The first kappa shape index (κ1) is 15.5. The largest absolute Gasteiger partial charge is 0.530 e. The number of rotatable bonds is 6. The molecular formula is C11H16N4O5Si. The monoisotopic (exact) mass is 312 g/mol. The molecule has 1 aliphatic rings. The number of benzene rings is 1. The first-order chi connectivity index (χ1) is 10.1. The highest BCUT2D eigenvalue weighted by Gasteiger charge is 2.51. The van der Waals surface area contributed by atoms with Crippen LogP contribution < -0.4 is 5.01 Å². The van der Waals surface area contributed by atoms with Gasteiger partial charge in [0.15, 0.2) is 5.67 Å². The summed E-state index contributed by atoms with van der Waals surface area (Å²) in [5.74, 6) is 0. The summed E-state index contributed by atoms with van der Waals surface area (Å²) in [4.78, 5) is 10.2. The Hall–Kier alpha value is -1.88. The van der Waals surface area contributed by atoms with Crippen molar-refractivity contribution in [3.63, 3.8) is 0 Å². The van der Waals surface area contributed by atoms with Gasteiger partial charge in [-0.2, -0.15) is 5.11 Å². The predicted molar refractivity (Wildman–Crippen MR) is 75.9 cm³/mol. The molecule has 0 N–H and O–H groups in total. The van der Waals surface area contributed by atoms with Gasteiger partial charge in [0.1, 0.15) is 0 Å². The van der Waals surface area contributed by atoms with Crippen molar-refractivity contribution in [1.82, 2.24) is 0 Å². The van der Waals surface area contributed by atoms with E-state index in [9.17, 15) is 10.1 Å². The normalized spacial score (nSPS) is 18.2. The number of hydrogen-bond donors (Lipinski definition) is 0. The van der Waals surface area contributed by atoms with Crippen molar-refractivity contribution in [2.45, 2.75) is 5.67 Å². The van der Waals surface area contributed by atoms with Gasteiger partial charge in [-0.3, -0.25) is 10.1 Å². The van der Waals surface area contributed by atoms with E-state index in [2.05, 4.69) is 10.3 Å². The Labute approximate surface area is 122 Å². The SMILES string of the molecule is CO[Si](OC)(OC)C1CN(c2ccc([N+](=O)[O-])cc2)N=N1. The molecule has 0 saturated carbocycles. The lowest BCUT2D eigenvalue weighted by Gasteiger charge is -2.27. The van der Waals surface area contributed by atoms with Gasteiger partial charge in [0.2, 0.25) is 0 Å². The summed E-state index contributed by atoms with van der Waals surface area (Å²) in [6.45, 7) is 0.430. The van der Waals surface area contributed by atoms with Gasteiger partial charge in [0.05, 0.1) is 17.2 Å². The molecule has 0 bridgehead atoms. The Bertz CT molecular complexity index is 526. The highest BCUT2D eigenvalue weighted by Crippen LogP contribution is 2.27. The van der Waals surface area contributed by atoms with Crippen molar-refractivity contribution in [3.8, 4) is 0 Å². The van der Waals surface area contributed by atoms with E-state index < -0.39 is 13.7 Å². The van der Waals surface area contributed by atoms with Crippen molar-refractivity contribution in [2.75, 3.05) is 32.9 Å². The fourth-order valence-electron chi connectivity index (χ4n) is 2.11. The number of nitro benzene ring substituents is 1. The molecule has 0 aliphatic carbocycles. The van der Waals surface area contributed by atoms with Crippen molar-refractivity contribution in [2.24, 2.45) is 10.3 Å². The van der Waals surface area contributed by atoms with Gasteiger partial charge in [0, 0.05) is 33.5 Å². The van der Waals surface area contributed by atoms with Gasteiger partial charge < -0.3 is 13.3 Å². The minimum atomic E-state index is -2.90.